The van der Waals surface area contributed by atoms with E-state index in [-0.39, 0.29) is 12.3 Å². The molecule has 0 bridgehead atoms. The average Bonchev–Trinajstić information content (AvgIpc) is 2.35. The Kier molecular flexibility index (Phi) is 3.85. The summed E-state index contributed by atoms with van der Waals surface area (Å²) in [5.41, 5.74) is 10.6. The van der Waals surface area contributed by atoms with E-state index in [1.165, 1.54) is 11.1 Å². The van der Waals surface area contributed by atoms with Crippen LogP contribution < -0.4 is 11.1 Å². The minimum Gasteiger partial charge on any atom is -0.369 e. The number of nitrogens with two attached hydrogens (primary N) is 1. The fourth-order valence-electron chi connectivity index (χ4n) is 2.13. The Labute approximate surface area is 113 Å². The molecule has 2 aromatic carbocycles. The molecule has 3 nitrogen and oxygen atoms in total. The van der Waals surface area contributed by atoms with Crippen molar-refractivity contribution < 1.29 is 4.79 Å². The van der Waals surface area contributed by atoms with Crippen LogP contribution in [0.3, 0.4) is 0 Å². The van der Waals surface area contributed by atoms with Gasteiger partial charge in [0.2, 0.25) is 5.91 Å². The number of carbonyl (C=O) groups excluding carboxylic acids is 1. The van der Waals surface area contributed by atoms with Crippen molar-refractivity contribution >= 4 is 17.3 Å². The van der Waals surface area contributed by atoms with E-state index in [9.17, 15) is 4.79 Å². The van der Waals surface area contributed by atoms with Crippen LogP contribution in [0.2, 0.25) is 0 Å². The van der Waals surface area contributed by atoms with E-state index < -0.39 is 0 Å². The summed E-state index contributed by atoms with van der Waals surface area (Å²) in [4.78, 5) is 11.1. The smallest absolute Gasteiger partial charge is 0.221 e. The van der Waals surface area contributed by atoms with Gasteiger partial charge in [-0.1, -0.05) is 36.4 Å². The molecule has 3 N–H and O–H groups in total. The van der Waals surface area contributed by atoms with E-state index in [1.54, 1.807) is 0 Å². The minimum absolute atomic E-state index is 0.244. The first-order chi connectivity index (χ1) is 9.08. The Morgan fingerprint density at radius 1 is 1.05 bits per heavy atom. The van der Waals surface area contributed by atoms with E-state index in [0.717, 1.165) is 16.9 Å². The van der Waals surface area contributed by atoms with Crippen molar-refractivity contribution in [1.82, 2.24) is 0 Å². The van der Waals surface area contributed by atoms with Gasteiger partial charge in [0, 0.05) is 11.4 Å². The summed E-state index contributed by atoms with van der Waals surface area (Å²) in [6.07, 6.45) is 0.244. The third-order valence-corrected chi connectivity index (χ3v) is 3.12. The molecule has 98 valence electrons. The van der Waals surface area contributed by atoms with Gasteiger partial charge in [-0.05, 0) is 36.6 Å². The van der Waals surface area contributed by atoms with Crippen LogP contribution in [-0.2, 0) is 11.2 Å². The molecular weight excluding hydrogens is 236 g/mol. The van der Waals surface area contributed by atoms with Gasteiger partial charge in [-0.2, -0.15) is 0 Å². The molecule has 0 unspecified atom stereocenters. The molecule has 0 fully saturated rings. The van der Waals surface area contributed by atoms with Crippen LogP contribution in [0.1, 0.15) is 16.7 Å². The number of carbonyl (C=O) groups is 1. The molecule has 1 amide bonds. The fourth-order valence-corrected chi connectivity index (χ4v) is 2.13. The van der Waals surface area contributed by atoms with E-state index in [0.29, 0.717) is 0 Å². The summed E-state index contributed by atoms with van der Waals surface area (Å²) in [5, 5.41) is 3.41. The highest BCUT2D eigenvalue weighted by Gasteiger charge is 2.07. The zero-order valence-electron chi connectivity index (χ0n) is 11.2. The number of aryl methyl sites for hydroxylation is 2. The number of hydrogen-bond donors (Lipinski definition) is 2. The van der Waals surface area contributed by atoms with Crippen LogP contribution in [0, 0.1) is 13.8 Å². The van der Waals surface area contributed by atoms with Crippen molar-refractivity contribution in [2.24, 2.45) is 5.73 Å². The molecule has 0 saturated heterocycles. The lowest BCUT2D eigenvalue weighted by atomic mass is 10.1. The number of amides is 1. The second-order valence-electron chi connectivity index (χ2n) is 4.69. The Hall–Kier alpha value is -2.29. The van der Waals surface area contributed by atoms with Crippen molar-refractivity contribution in [2.45, 2.75) is 20.3 Å². The number of rotatable bonds is 4. The lowest BCUT2D eigenvalue weighted by molar-refractivity contribution is -0.117. The lowest BCUT2D eigenvalue weighted by Crippen LogP contribution is -2.14. The van der Waals surface area contributed by atoms with Gasteiger partial charge in [-0.25, -0.2) is 0 Å². The zero-order chi connectivity index (χ0) is 13.8. The molecule has 2 rings (SSSR count). The van der Waals surface area contributed by atoms with Gasteiger partial charge in [0.15, 0.2) is 0 Å². The van der Waals surface area contributed by atoms with E-state index >= 15 is 0 Å². The highest BCUT2D eigenvalue weighted by molar-refractivity contribution is 5.80. The second-order valence-corrected chi connectivity index (χ2v) is 4.69. The first-order valence-electron chi connectivity index (χ1n) is 6.27. The third kappa shape index (κ3) is 3.13. The molecule has 0 aromatic heterocycles. The topological polar surface area (TPSA) is 55.1 Å². The van der Waals surface area contributed by atoms with E-state index in [2.05, 4.69) is 31.3 Å². The average molecular weight is 254 g/mol. The van der Waals surface area contributed by atoms with Gasteiger partial charge >= 0.3 is 0 Å². The summed E-state index contributed by atoms with van der Waals surface area (Å²) in [5.74, 6) is -0.323. The Morgan fingerprint density at radius 3 is 2.32 bits per heavy atom. The Morgan fingerprint density at radius 2 is 1.68 bits per heavy atom. The zero-order valence-corrected chi connectivity index (χ0v) is 11.2. The molecule has 0 aliphatic heterocycles. The molecular formula is C16H18N2O. The lowest BCUT2D eigenvalue weighted by Gasteiger charge is -2.15. The minimum atomic E-state index is -0.323. The summed E-state index contributed by atoms with van der Waals surface area (Å²) < 4.78 is 0. The van der Waals surface area contributed by atoms with Gasteiger partial charge in [0.05, 0.1) is 6.42 Å². The van der Waals surface area contributed by atoms with Crippen molar-refractivity contribution in [3.8, 4) is 0 Å². The molecule has 0 saturated carbocycles. The second kappa shape index (κ2) is 5.57. The molecule has 0 aliphatic rings. The highest BCUT2D eigenvalue weighted by atomic mass is 16.1. The number of primary amides is 1. The molecule has 0 aliphatic carbocycles. The van der Waals surface area contributed by atoms with Gasteiger partial charge in [-0.15, -0.1) is 0 Å². The highest BCUT2D eigenvalue weighted by Crippen LogP contribution is 2.26. The van der Waals surface area contributed by atoms with Crippen molar-refractivity contribution in [1.29, 1.82) is 0 Å². The summed E-state index contributed by atoms with van der Waals surface area (Å²) in [6, 6.07) is 13.9. The first-order valence-corrected chi connectivity index (χ1v) is 6.27. The Bertz CT molecular complexity index is 585. The van der Waals surface area contributed by atoms with Gasteiger partial charge in [-0.3, -0.25) is 4.79 Å². The number of para-hydroxylation sites is 2. The quantitative estimate of drug-likeness (QED) is 0.881. The monoisotopic (exact) mass is 254 g/mol. The maximum atomic E-state index is 11.1. The summed E-state index contributed by atoms with van der Waals surface area (Å²) in [7, 11) is 0. The van der Waals surface area contributed by atoms with Crippen molar-refractivity contribution in [3.05, 3.63) is 59.2 Å². The molecule has 19 heavy (non-hydrogen) atoms. The van der Waals surface area contributed by atoms with Crippen LogP contribution in [0.15, 0.2) is 42.5 Å². The predicted molar refractivity (Wildman–Crippen MR) is 78.5 cm³/mol. The first kappa shape index (κ1) is 13.1. The number of anilines is 2. The maximum Gasteiger partial charge on any atom is 0.221 e. The van der Waals surface area contributed by atoms with Crippen LogP contribution in [0.25, 0.3) is 0 Å². The standard InChI is InChI=1S/C16H18N2O/c1-11-6-5-7-12(2)16(11)18-14-9-4-3-8-13(14)10-15(17)19/h3-9,18H,10H2,1-2H3,(H2,17,19). The SMILES string of the molecule is Cc1cccc(C)c1Nc1ccccc1CC(N)=O. The molecule has 0 atom stereocenters. The van der Waals surface area contributed by atoms with E-state index in [1.807, 2.05) is 30.3 Å². The van der Waals surface area contributed by atoms with Crippen molar-refractivity contribution in [2.75, 3.05) is 5.32 Å². The van der Waals surface area contributed by atoms with Crippen LogP contribution in [0.4, 0.5) is 11.4 Å². The van der Waals surface area contributed by atoms with Crippen LogP contribution >= 0.6 is 0 Å². The fraction of sp³-hybridized carbons (Fsp3) is 0.188. The number of nitrogens with one attached hydrogen (secondary N) is 1. The molecule has 3 heteroatoms. The summed E-state index contributed by atoms with van der Waals surface area (Å²) in [6.45, 7) is 4.12. The van der Waals surface area contributed by atoms with Gasteiger partial charge in [0.1, 0.15) is 0 Å². The number of benzene rings is 2. The molecule has 2 aromatic rings. The molecule has 0 heterocycles. The third-order valence-electron chi connectivity index (χ3n) is 3.12. The van der Waals surface area contributed by atoms with Gasteiger partial charge < -0.3 is 11.1 Å². The normalized spacial score (nSPS) is 10.2. The number of hydrogen-bond acceptors (Lipinski definition) is 2. The summed E-state index contributed by atoms with van der Waals surface area (Å²) >= 11 is 0. The van der Waals surface area contributed by atoms with Crippen LogP contribution in [-0.4, -0.2) is 5.91 Å². The van der Waals surface area contributed by atoms with E-state index in [4.69, 9.17) is 5.73 Å². The predicted octanol–water partition coefficient (Wildman–Crippen LogP) is 3.07. The van der Waals surface area contributed by atoms with Gasteiger partial charge in [0.25, 0.3) is 0 Å². The van der Waals surface area contributed by atoms with Crippen LogP contribution in [0.5, 0.6) is 0 Å². The molecule has 0 radical (unpaired) electrons. The maximum absolute atomic E-state index is 11.1. The van der Waals surface area contributed by atoms with Crippen molar-refractivity contribution in [3.63, 3.8) is 0 Å². The largest absolute Gasteiger partial charge is 0.369 e. The Balaban J connectivity index is 2.36. The molecule has 0 spiro atoms.